The number of carbonyl (C=O) groups excluding carboxylic acids is 1. The molecule has 1 aliphatic heterocycles. The van der Waals surface area contributed by atoms with Gasteiger partial charge in [-0.25, -0.2) is 0 Å². The molecule has 0 aromatic carbocycles. The first-order valence-corrected chi connectivity index (χ1v) is 5.88. The van der Waals surface area contributed by atoms with Crippen molar-refractivity contribution < 1.29 is 9.21 Å². The van der Waals surface area contributed by atoms with Crippen LogP contribution in [0.1, 0.15) is 23.4 Å². The fourth-order valence-corrected chi connectivity index (χ4v) is 2.00. The number of rotatable bonds is 3. The summed E-state index contributed by atoms with van der Waals surface area (Å²) in [5.41, 5.74) is 0. The Morgan fingerprint density at radius 1 is 1.62 bits per heavy atom. The SMILES string of the molecule is O=C(NCC1CCCNC1)c1ccc(Cl)o1. The van der Waals surface area contributed by atoms with E-state index >= 15 is 0 Å². The molecule has 1 saturated heterocycles. The fraction of sp³-hybridized carbons (Fsp3) is 0.545. The smallest absolute Gasteiger partial charge is 0.287 e. The molecule has 0 saturated carbocycles. The monoisotopic (exact) mass is 242 g/mol. The van der Waals surface area contributed by atoms with Crippen LogP contribution >= 0.6 is 11.6 Å². The van der Waals surface area contributed by atoms with E-state index in [1.807, 2.05) is 0 Å². The van der Waals surface area contributed by atoms with E-state index in [2.05, 4.69) is 10.6 Å². The summed E-state index contributed by atoms with van der Waals surface area (Å²) in [7, 11) is 0. The predicted molar refractivity (Wildman–Crippen MR) is 61.6 cm³/mol. The first-order valence-electron chi connectivity index (χ1n) is 5.50. The second kappa shape index (κ2) is 5.37. The summed E-state index contributed by atoms with van der Waals surface area (Å²) in [5.74, 6) is 0.592. The molecule has 0 bridgehead atoms. The topological polar surface area (TPSA) is 54.3 Å². The van der Waals surface area contributed by atoms with E-state index in [4.69, 9.17) is 16.0 Å². The van der Waals surface area contributed by atoms with Crippen LogP contribution in [0.3, 0.4) is 0 Å². The van der Waals surface area contributed by atoms with E-state index in [0.717, 1.165) is 19.5 Å². The summed E-state index contributed by atoms with van der Waals surface area (Å²) in [6.07, 6.45) is 2.33. The largest absolute Gasteiger partial charge is 0.440 e. The average molecular weight is 243 g/mol. The maximum atomic E-state index is 11.6. The Balaban J connectivity index is 1.79. The van der Waals surface area contributed by atoms with Crippen LogP contribution in [0.2, 0.25) is 5.22 Å². The zero-order chi connectivity index (χ0) is 11.4. The molecule has 1 fully saturated rings. The van der Waals surface area contributed by atoms with Crippen molar-refractivity contribution in [2.45, 2.75) is 12.8 Å². The number of furan rings is 1. The van der Waals surface area contributed by atoms with Gasteiger partial charge in [-0.1, -0.05) is 0 Å². The van der Waals surface area contributed by atoms with Crippen molar-refractivity contribution in [1.82, 2.24) is 10.6 Å². The van der Waals surface area contributed by atoms with Gasteiger partial charge in [0.25, 0.3) is 5.91 Å². The second-order valence-electron chi connectivity index (χ2n) is 4.03. The summed E-state index contributed by atoms with van der Waals surface area (Å²) in [6, 6.07) is 3.15. The molecule has 1 aliphatic rings. The Morgan fingerprint density at radius 3 is 3.12 bits per heavy atom. The van der Waals surface area contributed by atoms with E-state index < -0.39 is 0 Å². The van der Waals surface area contributed by atoms with Crippen LogP contribution in [0.15, 0.2) is 16.5 Å². The molecule has 1 unspecified atom stereocenters. The standard InChI is InChI=1S/C11H15ClN2O2/c12-10-4-3-9(16-10)11(15)14-7-8-2-1-5-13-6-8/h3-4,8,13H,1-2,5-7H2,(H,14,15). The molecule has 88 valence electrons. The highest BCUT2D eigenvalue weighted by atomic mass is 35.5. The molecule has 5 heteroatoms. The highest BCUT2D eigenvalue weighted by Crippen LogP contribution is 2.13. The molecule has 2 heterocycles. The van der Waals surface area contributed by atoms with Gasteiger partial charge in [0.2, 0.25) is 0 Å². The zero-order valence-corrected chi connectivity index (χ0v) is 9.72. The molecule has 1 atom stereocenters. The third-order valence-corrected chi connectivity index (χ3v) is 2.95. The number of halogens is 1. The lowest BCUT2D eigenvalue weighted by molar-refractivity contribution is 0.0917. The summed E-state index contributed by atoms with van der Waals surface area (Å²) in [4.78, 5) is 11.6. The van der Waals surface area contributed by atoms with Crippen molar-refractivity contribution >= 4 is 17.5 Å². The van der Waals surface area contributed by atoms with Gasteiger partial charge in [-0.3, -0.25) is 4.79 Å². The number of hydrogen-bond acceptors (Lipinski definition) is 3. The molecule has 16 heavy (non-hydrogen) atoms. The summed E-state index contributed by atoms with van der Waals surface area (Å²) < 4.78 is 5.02. The van der Waals surface area contributed by atoms with E-state index in [1.165, 1.54) is 6.42 Å². The Hall–Kier alpha value is -1.00. The van der Waals surface area contributed by atoms with Crippen LogP contribution in [0.5, 0.6) is 0 Å². The number of amides is 1. The molecular formula is C11H15ClN2O2. The summed E-state index contributed by atoms with van der Waals surface area (Å²) in [5, 5.41) is 6.40. The molecule has 1 aromatic rings. The lowest BCUT2D eigenvalue weighted by Gasteiger charge is -2.22. The van der Waals surface area contributed by atoms with Gasteiger partial charge in [-0.2, -0.15) is 0 Å². The Bertz CT molecular complexity index is 359. The van der Waals surface area contributed by atoms with Crippen molar-refractivity contribution in [1.29, 1.82) is 0 Å². The average Bonchev–Trinajstić information content (AvgIpc) is 2.74. The van der Waals surface area contributed by atoms with E-state index in [0.29, 0.717) is 12.5 Å². The van der Waals surface area contributed by atoms with Gasteiger partial charge in [0.05, 0.1) is 0 Å². The van der Waals surface area contributed by atoms with Gasteiger partial charge in [-0.05, 0) is 55.6 Å². The summed E-state index contributed by atoms with van der Waals surface area (Å²) >= 11 is 5.60. The minimum absolute atomic E-state index is 0.197. The van der Waals surface area contributed by atoms with Crippen molar-refractivity contribution in [2.75, 3.05) is 19.6 Å². The molecule has 0 radical (unpaired) electrons. The number of piperidine rings is 1. The minimum atomic E-state index is -0.197. The third kappa shape index (κ3) is 3.00. The zero-order valence-electron chi connectivity index (χ0n) is 8.96. The second-order valence-corrected chi connectivity index (χ2v) is 4.40. The molecule has 0 aliphatic carbocycles. The van der Waals surface area contributed by atoms with Gasteiger partial charge in [-0.15, -0.1) is 0 Å². The van der Waals surface area contributed by atoms with E-state index in [-0.39, 0.29) is 16.9 Å². The van der Waals surface area contributed by atoms with Gasteiger partial charge in [0, 0.05) is 6.54 Å². The van der Waals surface area contributed by atoms with Gasteiger partial charge < -0.3 is 15.1 Å². The van der Waals surface area contributed by atoms with Crippen molar-refractivity contribution in [2.24, 2.45) is 5.92 Å². The molecular weight excluding hydrogens is 228 g/mol. The van der Waals surface area contributed by atoms with Crippen molar-refractivity contribution in [3.63, 3.8) is 0 Å². The maximum absolute atomic E-state index is 11.6. The van der Waals surface area contributed by atoms with Gasteiger partial charge in [0.1, 0.15) is 0 Å². The highest BCUT2D eigenvalue weighted by Gasteiger charge is 2.15. The number of carbonyl (C=O) groups is 1. The molecule has 4 nitrogen and oxygen atoms in total. The van der Waals surface area contributed by atoms with Crippen molar-refractivity contribution in [3.8, 4) is 0 Å². The van der Waals surface area contributed by atoms with E-state index in [1.54, 1.807) is 12.1 Å². The van der Waals surface area contributed by atoms with Crippen LogP contribution < -0.4 is 10.6 Å². The van der Waals surface area contributed by atoms with Gasteiger partial charge in [0.15, 0.2) is 11.0 Å². The number of nitrogens with one attached hydrogen (secondary N) is 2. The van der Waals surface area contributed by atoms with Crippen LogP contribution in [-0.4, -0.2) is 25.5 Å². The highest BCUT2D eigenvalue weighted by molar-refractivity contribution is 6.29. The van der Waals surface area contributed by atoms with Crippen LogP contribution in [0.4, 0.5) is 0 Å². The Morgan fingerprint density at radius 2 is 2.50 bits per heavy atom. The lowest BCUT2D eigenvalue weighted by atomic mass is 10.00. The minimum Gasteiger partial charge on any atom is -0.440 e. The van der Waals surface area contributed by atoms with Crippen molar-refractivity contribution in [3.05, 3.63) is 23.1 Å². The van der Waals surface area contributed by atoms with Crippen LogP contribution in [0, 0.1) is 5.92 Å². The predicted octanol–water partition coefficient (Wildman–Crippen LogP) is 1.66. The maximum Gasteiger partial charge on any atom is 0.287 e. The Labute approximate surface area is 99.3 Å². The fourth-order valence-electron chi connectivity index (χ4n) is 1.86. The quantitative estimate of drug-likeness (QED) is 0.848. The first-order chi connectivity index (χ1) is 7.75. The molecule has 1 amide bonds. The third-order valence-electron chi connectivity index (χ3n) is 2.75. The van der Waals surface area contributed by atoms with Crippen LogP contribution in [0.25, 0.3) is 0 Å². The molecule has 0 spiro atoms. The van der Waals surface area contributed by atoms with Gasteiger partial charge >= 0.3 is 0 Å². The number of hydrogen-bond donors (Lipinski definition) is 2. The van der Waals surface area contributed by atoms with Crippen LogP contribution in [-0.2, 0) is 0 Å². The summed E-state index contributed by atoms with van der Waals surface area (Å²) in [6.45, 7) is 2.74. The normalized spacial score (nSPS) is 20.7. The molecule has 2 rings (SSSR count). The Kier molecular flexibility index (Phi) is 3.85. The first kappa shape index (κ1) is 11.5. The van der Waals surface area contributed by atoms with E-state index in [9.17, 15) is 4.79 Å². The molecule has 2 N–H and O–H groups in total. The molecule has 1 aromatic heterocycles. The lowest BCUT2D eigenvalue weighted by Crippen LogP contribution is -2.38.